The molecule has 84 valence electrons. The average molecular weight is 224 g/mol. The molecule has 17 heavy (non-hydrogen) atoms. The molecule has 0 aliphatic carbocycles. The Morgan fingerprint density at radius 2 is 2.06 bits per heavy atom. The molecular weight excluding hydrogens is 212 g/mol. The molecule has 0 unspecified atom stereocenters. The van der Waals surface area contributed by atoms with E-state index in [4.69, 9.17) is 4.52 Å². The van der Waals surface area contributed by atoms with E-state index in [1.54, 1.807) is 12.5 Å². The van der Waals surface area contributed by atoms with Gasteiger partial charge in [-0.3, -0.25) is 0 Å². The van der Waals surface area contributed by atoms with Crippen molar-refractivity contribution in [3.8, 4) is 0 Å². The monoisotopic (exact) mass is 224 g/mol. The van der Waals surface area contributed by atoms with E-state index in [9.17, 15) is 0 Å². The molecule has 0 saturated carbocycles. The van der Waals surface area contributed by atoms with Crippen molar-refractivity contribution in [1.82, 2.24) is 5.16 Å². The molecule has 2 aromatic rings. The van der Waals surface area contributed by atoms with Gasteiger partial charge in [0.1, 0.15) is 12.0 Å². The maximum atomic E-state index is 4.90. The molecular formula is C14H12N2O. The highest BCUT2D eigenvalue weighted by atomic mass is 16.5. The summed E-state index contributed by atoms with van der Waals surface area (Å²) >= 11 is 0. The maximum Gasteiger partial charge on any atom is 0.147 e. The van der Waals surface area contributed by atoms with E-state index in [0.29, 0.717) is 0 Å². The number of anilines is 1. The van der Waals surface area contributed by atoms with Crippen LogP contribution in [-0.2, 0) is 0 Å². The van der Waals surface area contributed by atoms with Gasteiger partial charge in [-0.1, -0.05) is 47.6 Å². The highest BCUT2D eigenvalue weighted by Crippen LogP contribution is 2.29. The van der Waals surface area contributed by atoms with Gasteiger partial charge < -0.3 is 9.42 Å². The minimum absolute atomic E-state index is 0.941. The predicted molar refractivity (Wildman–Crippen MR) is 67.2 cm³/mol. The summed E-state index contributed by atoms with van der Waals surface area (Å²) in [6.07, 6.45) is 10.7. The van der Waals surface area contributed by atoms with Gasteiger partial charge in [0.15, 0.2) is 0 Å². The molecule has 3 rings (SSSR count). The molecule has 0 spiro atoms. The number of allylic oxidation sites excluding steroid dienone is 2. The SMILES string of the molecule is C1=CN(c2cnoc2)C(c2ccccc2)=CC1. The van der Waals surface area contributed by atoms with Crippen LogP contribution in [0.5, 0.6) is 0 Å². The minimum Gasteiger partial charge on any atom is -0.362 e. The Bertz CT molecular complexity index is 541. The summed E-state index contributed by atoms with van der Waals surface area (Å²) in [5, 5.41) is 3.75. The Balaban J connectivity index is 2.01. The van der Waals surface area contributed by atoms with Crippen molar-refractivity contribution in [1.29, 1.82) is 0 Å². The fraction of sp³-hybridized carbons (Fsp3) is 0.0714. The standard InChI is InChI=1S/C14H12N2O/c1-2-6-12(7-3-1)14-8-4-5-9-16(14)13-10-15-17-11-13/h1-3,5-11H,4H2. The molecule has 0 atom stereocenters. The summed E-state index contributed by atoms with van der Waals surface area (Å²) in [7, 11) is 0. The molecule has 0 bridgehead atoms. The third-order valence-corrected chi connectivity index (χ3v) is 2.73. The zero-order valence-electron chi connectivity index (χ0n) is 9.28. The summed E-state index contributed by atoms with van der Waals surface area (Å²) in [4.78, 5) is 2.08. The fourth-order valence-electron chi connectivity index (χ4n) is 1.93. The molecule has 2 heterocycles. The van der Waals surface area contributed by atoms with Crippen molar-refractivity contribution < 1.29 is 4.52 Å². The Labute approximate surface area is 99.7 Å². The molecule has 0 saturated heterocycles. The summed E-state index contributed by atoms with van der Waals surface area (Å²) in [5.74, 6) is 0. The van der Waals surface area contributed by atoms with Crippen LogP contribution in [-0.4, -0.2) is 5.16 Å². The van der Waals surface area contributed by atoms with Gasteiger partial charge in [0.25, 0.3) is 0 Å². The largest absolute Gasteiger partial charge is 0.362 e. The number of aromatic nitrogens is 1. The van der Waals surface area contributed by atoms with Crippen molar-refractivity contribution >= 4 is 11.4 Å². The lowest BCUT2D eigenvalue weighted by Crippen LogP contribution is -2.15. The first-order chi connectivity index (χ1) is 8.45. The second-order valence-corrected chi connectivity index (χ2v) is 3.83. The second-order valence-electron chi connectivity index (χ2n) is 3.83. The van der Waals surface area contributed by atoms with Gasteiger partial charge in [-0.25, -0.2) is 0 Å². The third kappa shape index (κ3) is 1.87. The molecule has 1 aliphatic heterocycles. The van der Waals surface area contributed by atoms with Crippen LogP contribution in [0.1, 0.15) is 12.0 Å². The Morgan fingerprint density at radius 3 is 2.82 bits per heavy atom. The highest BCUT2D eigenvalue weighted by Gasteiger charge is 2.14. The van der Waals surface area contributed by atoms with Crippen LogP contribution in [0.2, 0.25) is 0 Å². The lowest BCUT2D eigenvalue weighted by molar-refractivity contribution is 0.420. The van der Waals surface area contributed by atoms with Crippen molar-refractivity contribution in [2.75, 3.05) is 4.90 Å². The van der Waals surface area contributed by atoms with E-state index in [1.165, 1.54) is 5.56 Å². The quantitative estimate of drug-likeness (QED) is 0.782. The molecule has 0 N–H and O–H groups in total. The molecule has 0 amide bonds. The molecule has 1 aromatic carbocycles. The number of nitrogens with zero attached hydrogens (tertiary/aromatic N) is 2. The smallest absolute Gasteiger partial charge is 0.147 e. The second kappa shape index (κ2) is 4.29. The summed E-state index contributed by atoms with van der Waals surface area (Å²) in [6, 6.07) is 10.3. The first-order valence-corrected chi connectivity index (χ1v) is 5.56. The van der Waals surface area contributed by atoms with E-state index in [0.717, 1.165) is 17.8 Å². The van der Waals surface area contributed by atoms with Crippen LogP contribution in [0.15, 0.2) is 65.7 Å². The topological polar surface area (TPSA) is 29.3 Å². The summed E-state index contributed by atoms with van der Waals surface area (Å²) in [5.41, 5.74) is 3.30. The number of rotatable bonds is 2. The molecule has 0 fully saturated rings. The third-order valence-electron chi connectivity index (χ3n) is 2.73. The van der Waals surface area contributed by atoms with Crippen LogP contribution in [0, 0.1) is 0 Å². The lowest BCUT2D eigenvalue weighted by atomic mass is 10.1. The predicted octanol–water partition coefficient (Wildman–Crippen LogP) is 3.44. The first kappa shape index (κ1) is 9.90. The van der Waals surface area contributed by atoms with E-state index in [1.807, 2.05) is 18.2 Å². The van der Waals surface area contributed by atoms with Gasteiger partial charge in [0.2, 0.25) is 0 Å². The summed E-state index contributed by atoms with van der Waals surface area (Å²) < 4.78 is 4.90. The van der Waals surface area contributed by atoms with Gasteiger partial charge in [-0.15, -0.1) is 0 Å². The Morgan fingerprint density at radius 1 is 1.18 bits per heavy atom. The minimum atomic E-state index is 0.941. The van der Waals surface area contributed by atoms with Crippen LogP contribution in [0.4, 0.5) is 5.69 Å². The molecule has 3 nitrogen and oxygen atoms in total. The maximum absolute atomic E-state index is 4.90. The lowest BCUT2D eigenvalue weighted by Gasteiger charge is -2.24. The first-order valence-electron chi connectivity index (χ1n) is 5.56. The molecule has 1 aromatic heterocycles. The Kier molecular flexibility index (Phi) is 2.50. The molecule has 0 radical (unpaired) electrons. The zero-order valence-corrected chi connectivity index (χ0v) is 9.28. The highest BCUT2D eigenvalue weighted by molar-refractivity contribution is 5.81. The van der Waals surface area contributed by atoms with Crippen LogP contribution in [0.25, 0.3) is 5.70 Å². The van der Waals surface area contributed by atoms with Crippen LogP contribution < -0.4 is 4.90 Å². The van der Waals surface area contributed by atoms with Gasteiger partial charge in [0.05, 0.1) is 6.20 Å². The number of benzene rings is 1. The van der Waals surface area contributed by atoms with Gasteiger partial charge >= 0.3 is 0 Å². The van der Waals surface area contributed by atoms with Crippen molar-refractivity contribution in [3.63, 3.8) is 0 Å². The van der Waals surface area contributed by atoms with E-state index in [-0.39, 0.29) is 0 Å². The zero-order chi connectivity index (χ0) is 11.5. The number of hydrogen-bond acceptors (Lipinski definition) is 3. The van der Waals surface area contributed by atoms with Crippen molar-refractivity contribution in [3.05, 3.63) is 66.7 Å². The van der Waals surface area contributed by atoms with Crippen molar-refractivity contribution in [2.24, 2.45) is 0 Å². The fourth-order valence-corrected chi connectivity index (χ4v) is 1.93. The van der Waals surface area contributed by atoms with Crippen molar-refractivity contribution in [2.45, 2.75) is 6.42 Å². The van der Waals surface area contributed by atoms with Crippen LogP contribution in [0.3, 0.4) is 0 Å². The van der Waals surface area contributed by atoms with E-state index in [2.05, 4.69) is 40.5 Å². The summed E-state index contributed by atoms with van der Waals surface area (Å²) in [6.45, 7) is 0. The van der Waals surface area contributed by atoms with Gasteiger partial charge in [-0.2, -0.15) is 0 Å². The van der Waals surface area contributed by atoms with Gasteiger partial charge in [0, 0.05) is 11.9 Å². The Hall–Kier alpha value is -2.29. The van der Waals surface area contributed by atoms with E-state index >= 15 is 0 Å². The van der Waals surface area contributed by atoms with Crippen LogP contribution >= 0.6 is 0 Å². The average Bonchev–Trinajstić information content (AvgIpc) is 2.94. The number of hydrogen-bond donors (Lipinski definition) is 0. The van der Waals surface area contributed by atoms with Gasteiger partial charge in [-0.05, 0) is 12.0 Å². The van der Waals surface area contributed by atoms with E-state index < -0.39 is 0 Å². The molecule has 1 aliphatic rings. The molecule has 3 heteroatoms. The normalized spacial score (nSPS) is 14.8.